The van der Waals surface area contributed by atoms with Gasteiger partial charge in [-0.25, -0.2) is 0 Å². The predicted octanol–water partition coefficient (Wildman–Crippen LogP) is 5.10. The largest absolute Gasteiger partial charge is 0.481 e. The van der Waals surface area contributed by atoms with E-state index in [-0.39, 0.29) is 0 Å². The number of fused-ring (bicyclic) bond motifs is 2. The lowest BCUT2D eigenvalue weighted by Gasteiger charge is -2.27. The van der Waals surface area contributed by atoms with Crippen LogP contribution in [0, 0.1) is 18.8 Å². The molecular weight excluding hydrogens is 340 g/mol. The van der Waals surface area contributed by atoms with E-state index in [1.54, 1.807) is 0 Å². The average molecular weight is 362 g/mol. The smallest absolute Gasteiger partial charge is 0.315 e. The fourth-order valence-corrected chi connectivity index (χ4v) is 4.20. The minimum atomic E-state index is -0.907. The Morgan fingerprint density at radius 2 is 1.63 bits per heavy atom. The van der Waals surface area contributed by atoms with E-state index in [9.17, 15) is 14.7 Å². The van der Waals surface area contributed by atoms with E-state index >= 15 is 0 Å². The Balaban J connectivity index is 1.81. The number of carboxylic acids is 1. The molecule has 4 rings (SSSR count). The van der Waals surface area contributed by atoms with Gasteiger partial charge in [-0.3, -0.25) is 9.59 Å². The van der Waals surface area contributed by atoms with Gasteiger partial charge in [-0.05, 0) is 42.2 Å². The Labute approximate surface area is 157 Å². The molecule has 1 N–H and O–H groups in total. The van der Waals surface area contributed by atoms with E-state index in [0.717, 1.165) is 39.9 Å². The molecule has 27 heavy (non-hydrogen) atoms. The molecule has 3 aromatic rings. The molecule has 0 spiro atoms. The highest BCUT2D eigenvalue weighted by atomic mass is 16.5. The number of carbonyl (C=O) groups is 2. The normalized spacial score (nSPS) is 19.9. The Morgan fingerprint density at radius 3 is 2.41 bits per heavy atom. The van der Waals surface area contributed by atoms with Gasteiger partial charge in [0.05, 0.1) is 11.8 Å². The molecule has 0 amide bonds. The summed E-state index contributed by atoms with van der Waals surface area (Å²) in [4.78, 5) is 24.6. The summed E-state index contributed by atoms with van der Waals surface area (Å²) < 4.78 is 5.91. The van der Waals surface area contributed by atoms with Crippen molar-refractivity contribution in [3.05, 3.63) is 54.1 Å². The summed E-state index contributed by atoms with van der Waals surface area (Å²) in [5.74, 6) is -2.05. The second kappa shape index (κ2) is 7.03. The molecule has 0 bridgehead atoms. The number of hydrogen-bond acceptors (Lipinski definition) is 3. The highest BCUT2D eigenvalue weighted by molar-refractivity contribution is 6.07. The summed E-state index contributed by atoms with van der Waals surface area (Å²) in [5.41, 5.74) is 1.11. The van der Waals surface area contributed by atoms with Gasteiger partial charge in [0.15, 0.2) is 0 Å². The van der Waals surface area contributed by atoms with E-state index in [2.05, 4.69) is 6.07 Å². The van der Waals surface area contributed by atoms with Crippen LogP contribution in [-0.4, -0.2) is 17.0 Å². The van der Waals surface area contributed by atoms with Crippen LogP contribution in [-0.2, 0) is 9.59 Å². The molecule has 1 saturated carbocycles. The van der Waals surface area contributed by atoms with Crippen molar-refractivity contribution < 1.29 is 19.4 Å². The molecule has 2 unspecified atom stereocenters. The average Bonchev–Trinajstić information content (AvgIpc) is 2.68. The maximum atomic E-state index is 13.0. The summed E-state index contributed by atoms with van der Waals surface area (Å²) in [6.07, 6.45) is 2.80. The zero-order valence-electron chi connectivity index (χ0n) is 15.3. The van der Waals surface area contributed by atoms with Crippen molar-refractivity contribution in [2.45, 2.75) is 32.6 Å². The Kier molecular flexibility index (Phi) is 4.56. The standard InChI is InChI=1S/C23H22O4/c1-14-7-6-12-17-20(14)13-15-8-2-3-9-16(15)21(17)27-23(26)19-11-5-4-10-18(19)22(24)25/h2-3,6-9,12-13,18-19H,4-5,10-11H2,1H3,(H,24,25). The number of carbonyl (C=O) groups excluding carboxylic acids is 1. The van der Waals surface area contributed by atoms with Gasteiger partial charge >= 0.3 is 11.9 Å². The first-order valence-electron chi connectivity index (χ1n) is 9.42. The molecule has 138 valence electrons. The van der Waals surface area contributed by atoms with Gasteiger partial charge in [0, 0.05) is 10.8 Å². The maximum absolute atomic E-state index is 13.0. The number of ether oxygens (including phenoxy) is 1. The lowest BCUT2D eigenvalue weighted by molar-refractivity contribution is -0.153. The summed E-state index contributed by atoms with van der Waals surface area (Å²) in [6, 6.07) is 15.9. The van der Waals surface area contributed by atoms with Crippen LogP contribution in [0.4, 0.5) is 0 Å². The SMILES string of the molecule is Cc1cccc2c(OC(=O)C3CCCCC3C(=O)O)c3ccccc3cc12. The van der Waals surface area contributed by atoms with Gasteiger partial charge in [-0.1, -0.05) is 55.3 Å². The van der Waals surface area contributed by atoms with Crippen molar-refractivity contribution in [2.24, 2.45) is 11.8 Å². The molecule has 0 aliphatic heterocycles. The third kappa shape index (κ3) is 3.16. The monoisotopic (exact) mass is 362 g/mol. The fourth-order valence-electron chi connectivity index (χ4n) is 4.20. The lowest BCUT2D eigenvalue weighted by atomic mass is 9.79. The number of carboxylic acid groups (broad SMARTS) is 1. The molecule has 0 radical (unpaired) electrons. The first-order valence-corrected chi connectivity index (χ1v) is 9.42. The van der Waals surface area contributed by atoms with Gasteiger partial charge in [-0.15, -0.1) is 0 Å². The van der Waals surface area contributed by atoms with Gasteiger partial charge in [0.25, 0.3) is 0 Å². The fraction of sp³-hybridized carbons (Fsp3) is 0.304. The molecule has 1 fully saturated rings. The molecular formula is C23H22O4. The Hall–Kier alpha value is -2.88. The second-order valence-corrected chi connectivity index (χ2v) is 7.35. The quantitative estimate of drug-likeness (QED) is 0.400. The third-order valence-electron chi connectivity index (χ3n) is 5.66. The van der Waals surface area contributed by atoms with E-state index in [1.165, 1.54) is 0 Å². The first-order chi connectivity index (χ1) is 13.1. The van der Waals surface area contributed by atoms with Crippen LogP contribution in [0.2, 0.25) is 0 Å². The number of aryl methyl sites for hydroxylation is 1. The Bertz CT molecular complexity index is 1040. The van der Waals surface area contributed by atoms with Crippen LogP contribution < -0.4 is 4.74 Å². The van der Waals surface area contributed by atoms with Crippen molar-refractivity contribution in [2.75, 3.05) is 0 Å². The zero-order chi connectivity index (χ0) is 19.0. The number of esters is 1. The van der Waals surface area contributed by atoms with Crippen LogP contribution in [0.25, 0.3) is 21.5 Å². The van der Waals surface area contributed by atoms with Crippen molar-refractivity contribution in [3.8, 4) is 5.75 Å². The van der Waals surface area contributed by atoms with E-state index < -0.39 is 23.8 Å². The molecule has 1 aliphatic rings. The molecule has 4 heteroatoms. The van der Waals surface area contributed by atoms with E-state index in [4.69, 9.17) is 4.74 Å². The van der Waals surface area contributed by atoms with Gasteiger partial charge < -0.3 is 9.84 Å². The number of aliphatic carboxylic acids is 1. The molecule has 0 heterocycles. The van der Waals surface area contributed by atoms with Crippen molar-refractivity contribution in [1.29, 1.82) is 0 Å². The zero-order valence-corrected chi connectivity index (χ0v) is 15.3. The molecule has 2 atom stereocenters. The molecule has 0 aromatic heterocycles. The van der Waals surface area contributed by atoms with Gasteiger partial charge in [0.1, 0.15) is 5.75 Å². The minimum Gasteiger partial charge on any atom is -0.481 e. The van der Waals surface area contributed by atoms with Crippen LogP contribution >= 0.6 is 0 Å². The lowest BCUT2D eigenvalue weighted by Crippen LogP contribution is -2.35. The predicted molar refractivity (Wildman–Crippen MR) is 105 cm³/mol. The number of benzene rings is 3. The second-order valence-electron chi connectivity index (χ2n) is 7.35. The van der Waals surface area contributed by atoms with E-state index in [0.29, 0.717) is 18.6 Å². The minimum absolute atomic E-state index is 0.429. The van der Waals surface area contributed by atoms with Crippen LogP contribution in [0.3, 0.4) is 0 Å². The van der Waals surface area contributed by atoms with Crippen LogP contribution in [0.5, 0.6) is 5.75 Å². The van der Waals surface area contributed by atoms with Gasteiger partial charge in [0.2, 0.25) is 0 Å². The van der Waals surface area contributed by atoms with Crippen LogP contribution in [0.1, 0.15) is 31.2 Å². The number of hydrogen-bond donors (Lipinski definition) is 1. The van der Waals surface area contributed by atoms with Crippen molar-refractivity contribution in [1.82, 2.24) is 0 Å². The summed E-state index contributed by atoms with van der Waals surface area (Å²) in [7, 11) is 0. The van der Waals surface area contributed by atoms with Gasteiger partial charge in [-0.2, -0.15) is 0 Å². The Morgan fingerprint density at radius 1 is 0.926 bits per heavy atom. The molecule has 0 saturated heterocycles. The molecule has 4 nitrogen and oxygen atoms in total. The summed E-state index contributed by atoms with van der Waals surface area (Å²) >= 11 is 0. The first kappa shape index (κ1) is 17.5. The maximum Gasteiger partial charge on any atom is 0.315 e. The highest BCUT2D eigenvalue weighted by Gasteiger charge is 2.37. The van der Waals surface area contributed by atoms with E-state index in [1.807, 2.05) is 49.4 Å². The number of rotatable bonds is 3. The molecule has 1 aliphatic carbocycles. The summed E-state index contributed by atoms with van der Waals surface area (Å²) in [6.45, 7) is 2.03. The topological polar surface area (TPSA) is 63.6 Å². The molecule has 3 aromatic carbocycles. The van der Waals surface area contributed by atoms with Crippen molar-refractivity contribution in [3.63, 3.8) is 0 Å². The van der Waals surface area contributed by atoms with Crippen molar-refractivity contribution >= 4 is 33.5 Å². The third-order valence-corrected chi connectivity index (χ3v) is 5.66. The van der Waals surface area contributed by atoms with Crippen LogP contribution in [0.15, 0.2) is 48.5 Å². The highest BCUT2D eigenvalue weighted by Crippen LogP contribution is 2.38. The summed E-state index contributed by atoms with van der Waals surface area (Å²) in [5, 5.41) is 13.3.